The molecular weight excluding hydrogens is 449 g/mol. The van der Waals surface area contributed by atoms with E-state index in [0.29, 0.717) is 61.5 Å². The van der Waals surface area contributed by atoms with Crippen LogP contribution in [-0.4, -0.2) is 52.7 Å². The standard InChI is InChI=1S/C26H30FN5O3/c1-3-32-15-16-7-6-9-19(23(16)26(32)34)25(33)31-21(10-5-4-8-17(28)14-27)24-29-20-12-11-18(35-2)13-22(20)30-24/h6-7,9,11-13,21,28H,3-5,8,10,14-15H2,1-2H3,(H,29,30)(H,31,33)/t21-/m0/s1. The Morgan fingerprint density at radius 2 is 2.14 bits per heavy atom. The van der Waals surface area contributed by atoms with Gasteiger partial charge in [0, 0.05) is 24.9 Å². The molecule has 2 amide bonds. The van der Waals surface area contributed by atoms with Crippen molar-refractivity contribution in [3.8, 4) is 5.75 Å². The van der Waals surface area contributed by atoms with E-state index >= 15 is 0 Å². The summed E-state index contributed by atoms with van der Waals surface area (Å²) in [4.78, 5) is 35.9. The minimum absolute atomic E-state index is 0.0697. The lowest BCUT2D eigenvalue weighted by Crippen LogP contribution is -2.31. The monoisotopic (exact) mass is 479 g/mol. The van der Waals surface area contributed by atoms with E-state index in [1.54, 1.807) is 24.1 Å². The summed E-state index contributed by atoms with van der Waals surface area (Å²) < 4.78 is 17.9. The van der Waals surface area contributed by atoms with Gasteiger partial charge in [-0.2, -0.15) is 0 Å². The molecule has 1 atom stereocenters. The van der Waals surface area contributed by atoms with Gasteiger partial charge in [0.1, 0.15) is 18.2 Å². The lowest BCUT2D eigenvalue weighted by Gasteiger charge is -2.18. The van der Waals surface area contributed by atoms with Gasteiger partial charge in [-0.3, -0.25) is 9.59 Å². The number of aromatic amines is 1. The van der Waals surface area contributed by atoms with Crippen molar-refractivity contribution in [2.75, 3.05) is 20.3 Å². The molecule has 0 bridgehead atoms. The predicted octanol–water partition coefficient (Wildman–Crippen LogP) is 4.57. The molecule has 0 spiro atoms. The summed E-state index contributed by atoms with van der Waals surface area (Å²) in [5.74, 6) is 0.811. The Labute approximate surface area is 203 Å². The zero-order valence-corrected chi connectivity index (χ0v) is 20.0. The van der Waals surface area contributed by atoms with E-state index < -0.39 is 12.7 Å². The van der Waals surface area contributed by atoms with Gasteiger partial charge in [0.15, 0.2) is 0 Å². The molecule has 0 unspecified atom stereocenters. The van der Waals surface area contributed by atoms with E-state index in [9.17, 15) is 14.0 Å². The van der Waals surface area contributed by atoms with Gasteiger partial charge < -0.3 is 25.3 Å². The SMILES string of the molecule is CCN1Cc2cccc(C(=O)N[C@@H](CCCCC(=N)CF)c3nc4ccc(OC)cc4[nH]3)c2C1=O. The van der Waals surface area contributed by atoms with Gasteiger partial charge in [0.25, 0.3) is 11.8 Å². The van der Waals surface area contributed by atoms with Gasteiger partial charge >= 0.3 is 0 Å². The first-order valence-electron chi connectivity index (χ1n) is 11.8. The Balaban J connectivity index is 1.59. The van der Waals surface area contributed by atoms with Gasteiger partial charge in [0.2, 0.25) is 0 Å². The zero-order chi connectivity index (χ0) is 24.9. The Bertz CT molecular complexity index is 1260. The third kappa shape index (κ3) is 5.18. The Hall–Kier alpha value is -3.75. The van der Waals surface area contributed by atoms with Gasteiger partial charge in [-0.1, -0.05) is 18.6 Å². The van der Waals surface area contributed by atoms with E-state index in [4.69, 9.17) is 10.1 Å². The second-order valence-corrected chi connectivity index (χ2v) is 8.67. The maximum Gasteiger partial charge on any atom is 0.255 e. The number of ether oxygens (including phenoxy) is 1. The second kappa shape index (κ2) is 10.7. The topological polar surface area (TPSA) is 111 Å². The minimum atomic E-state index is -0.743. The number of methoxy groups -OCH3 is 1. The first-order valence-corrected chi connectivity index (χ1v) is 11.8. The van der Waals surface area contributed by atoms with Crippen LogP contribution in [-0.2, 0) is 6.54 Å². The minimum Gasteiger partial charge on any atom is -0.497 e. The van der Waals surface area contributed by atoms with Crippen LogP contribution >= 0.6 is 0 Å². The van der Waals surface area contributed by atoms with Crippen molar-refractivity contribution in [2.45, 2.75) is 45.2 Å². The van der Waals surface area contributed by atoms with Crippen LogP contribution < -0.4 is 10.1 Å². The highest BCUT2D eigenvalue weighted by molar-refractivity contribution is 6.09. The number of nitrogens with zero attached hydrogens (tertiary/aromatic N) is 2. The van der Waals surface area contributed by atoms with Crippen molar-refractivity contribution in [3.05, 3.63) is 58.9 Å². The Kier molecular flexibility index (Phi) is 7.43. The fraction of sp³-hybridized carbons (Fsp3) is 0.385. The molecule has 0 radical (unpaired) electrons. The quantitative estimate of drug-likeness (QED) is 0.276. The number of benzene rings is 2. The van der Waals surface area contributed by atoms with Crippen LogP contribution in [0, 0.1) is 5.41 Å². The average Bonchev–Trinajstić information content (AvgIpc) is 3.45. The van der Waals surface area contributed by atoms with Gasteiger partial charge in [0.05, 0.1) is 35.3 Å². The Morgan fingerprint density at radius 3 is 2.89 bits per heavy atom. The molecular formula is C26H30FN5O3. The number of rotatable bonds is 11. The molecule has 3 N–H and O–H groups in total. The molecule has 0 saturated heterocycles. The summed E-state index contributed by atoms with van der Waals surface area (Å²) in [5.41, 5.74) is 3.25. The van der Waals surface area contributed by atoms with E-state index in [0.717, 1.165) is 16.6 Å². The van der Waals surface area contributed by atoms with E-state index in [1.165, 1.54) is 0 Å². The summed E-state index contributed by atoms with van der Waals surface area (Å²) in [7, 11) is 1.59. The zero-order valence-electron chi connectivity index (χ0n) is 20.0. The number of halogens is 1. The number of unbranched alkanes of at least 4 members (excludes halogenated alkanes) is 1. The molecule has 2 heterocycles. The Morgan fingerprint density at radius 1 is 1.31 bits per heavy atom. The third-order valence-electron chi connectivity index (χ3n) is 6.36. The van der Waals surface area contributed by atoms with Crippen LogP contribution in [0.25, 0.3) is 11.0 Å². The van der Waals surface area contributed by atoms with Gasteiger partial charge in [-0.15, -0.1) is 0 Å². The van der Waals surface area contributed by atoms with Crippen LogP contribution in [0.1, 0.15) is 70.8 Å². The van der Waals surface area contributed by atoms with E-state index in [1.807, 2.05) is 31.2 Å². The number of nitrogens with one attached hydrogen (secondary N) is 3. The number of amides is 2. The smallest absolute Gasteiger partial charge is 0.255 e. The van der Waals surface area contributed by atoms with Crippen LogP contribution in [0.2, 0.25) is 0 Å². The molecule has 1 aliphatic heterocycles. The summed E-state index contributed by atoms with van der Waals surface area (Å²) in [6, 6.07) is 10.4. The number of carbonyl (C=O) groups is 2. The average molecular weight is 480 g/mol. The van der Waals surface area contributed by atoms with E-state index in [2.05, 4.69) is 15.3 Å². The molecule has 1 aromatic heterocycles. The number of fused-ring (bicyclic) bond motifs is 2. The normalized spacial score (nSPS) is 13.7. The molecule has 0 fully saturated rings. The van der Waals surface area contributed by atoms with Crippen LogP contribution in [0.4, 0.5) is 4.39 Å². The van der Waals surface area contributed by atoms with Crippen LogP contribution in [0.15, 0.2) is 36.4 Å². The maximum absolute atomic E-state index is 13.4. The summed E-state index contributed by atoms with van der Waals surface area (Å²) in [6.07, 6.45) is 2.23. The molecule has 0 saturated carbocycles. The third-order valence-corrected chi connectivity index (χ3v) is 6.36. The summed E-state index contributed by atoms with van der Waals surface area (Å²) >= 11 is 0. The van der Waals surface area contributed by atoms with Crippen molar-refractivity contribution >= 4 is 28.6 Å². The number of H-pyrrole nitrogens is 1. The number of aromatic nitrogens is 2. The molecule has 4 rings (SSSR count). The van der Waals surface area contributed by atoms with Crippen molar-refractivity contribution < 1.29 is 18.7 Å². The highest BCUT2D eigenvalue weighted by Gasteiger charge is 2.31. The molecule has 9 heteroatoms. The maximum atomic E-state index is 13.4. The van der Waals surface area contributed by atoms with Crippen molar-refractivity contribution in [2.24, 2.45) is 0 Å². The lowest BCUT2D eigenvalue weighted by atomic mass is 10.0. The highest BCUT2D eigenvalue weighted by atomic mass is 19.1. The number of hydrogen-bond acceptors (Lipinski definition) is 5. The lowest BCUT2D eigenvalue weighted by molar-refractivity contribution is 0.0780. The molecule has 0 aliphatic carbocycles. The largest absolute Gasteiger partial charge is 0.497 e. The van der Waals surface area contributed by atoms with Gasteiger partial charge in [-0.05, 0) is 49.9 Å². The van der Waals surface area contributed by atoms with Crippen LogP contribution in [0.5, 0.6) is 5.75 Å². The van der Waals surface area contributed by atoms with Crippen molar-refractivity contribution in [3.63, 3.8) is 0 Å². The predicted molar refractivity (Wildman–Crippen MR) is 132 cm³/mol. The molecule has 8 nitrogen and oxygen atoms in total. The number of hydrogen-bond donors (Lipinski definition) is 3. The fourth-order valence-corrected chi connectivity index (χ4v) is 4.43. The number of imidazole rings is 1. The first kappa shape index (κ1) is 24.4. The molecule has 35 heavy (non-hydrogen) atoms. The number of alkyl halides is 1. The molecule has 1 aliphatic rings. The van der Waals surface area contributed by atoms with Crippen LogP contribution in [0.3, 0.4) is 0 Å². The fourth-order valence-electron chi connectivity index (χ4n) is 4.43. The summed E-state index contributed by atoms with van der Waals surface area (Å²) in [5, 5.41) is 10.6. The van der Waals surface area contributed by atoms with Crippen molar-refractivity contribution in [1.29, 1.82) is 5.41 Å². The molecule has 3 aromatic rings. The number of carbonyl (C=O) groups excluding carboxylic acids is 2. The highest BCUT2D eigenvalue weighted by Crippen LogP contribution is 2.28. The van der Waals surface area contributed by atoms with Gasteiger partial charge in [-0.25, -0.2) is 9.37 Å². The van der Waals surface area contributed by atoms with E-state index in [-0.39, 0.29) is 17.5 Å². The molecule has 184 valence electrons. The second-order valence-electron chi connectivity index (χ2n) is 8.67. The molecule has 2 aromatic carbocycles. The first-order chi connectivity index (χ1) is 16.9. The summed E-state index contributed by atoms with van der Waals surface area (Å²) in [6.45, 7) is 2.25. The van der Waals surface area contributed by atoms with Crippen molar-refractivity contribution in [1.82, 2.24) is 20.2 Å².